The Hall–Kier alpha value is -2.18. The molecule has 1 amide bonds. The molecule has 2 aromatic rings. The lowest BCUT2D eigenvalue weighted by molar-refractivity contribution is 0.0950. The average Bonchev–Trinajstić information content (AvgIpc) is 2.53. The molecule has 0 fully saturated rings. The van der Waals surface area contributed by atoms with E-state index in [4.69, 9.17) is 0 Å². The minimum Gasteiger partial charge on any atom is -0.348 e. The van der Waals surface area contributed by atoms with Crippen LogP contribution in [0.25, 0.3) is 0 Å². The van der Waals surface area contributed by atoms with Crippen molar-refractivity contribution in [2.45, 2.75) is 18.0 Å². The second kappa shape index (κ2) is 7.59. The second-order valence-electron chi connectivity index (χ2n) is 6.04. The van der Waals surface area contributed by atoms with E-state index in [9.17, 15) is 13.2 Å². The Morgan fingerprint density at radius 3 is 2.25 bits per heavy atom. The number of carbonyl (C=O) groups excluding carboxylic acids is 1. The van der Waals surface area contributed by atoms with Gasteiger partial charge in [0.05, 0.1) is 4.90 Å². The van der Waals surface area contributed by atoms with Crippen molar-refractivity contribution < 1.29 is 13.2 Å². The number of rotatable bonds is 6. The summed E-state index contributed by atoms with van der Waals surface area (Å²) in [6.45, 7) is 1.26. The van der Waals surface area contributed by atoms with E-state index in [0.717, 1.165) is 18.4 Å². The topological polar surface area (TPSA) is 66.5 Å². The van der Waals surface area contributed by atoms with Crippen LogP contribution in [0, 0.1) is 0 Å². The van der Waals surface area contributed by atoms with E-state index >= 15 is 0 Å². The molecule has 0 aliphatic heterocycles. The SMILES string of the molecule is CN(C)Cc1ccc(CNC(=O)c2cccc(S(C)(=O)=O)c2)cc1. The zero-order chi connectivity index (χ0) is 17.7. The van der Waals surface area contributed by atoms with E-state index < -0.39 is 9.84 Å². The van der Waals surface area contributed by atoms with Gasteiger partial charge in [-0.3, -0.25) is 4.79 Å². The molecule has 0 aliphatic carbocycles. The first-order valence-electron chi connectivity index (χ1n) is 7.56. The molecule has 2 rings (SSSR count). The van der Waals surface area contributed by atoms with Crippen molar-refractivity contribution >= 4 is 15.7 Å². The Balaban J connectivity index is 2.00. The van der Waals surface area contributed by atoms with E-state index in [0.29, 0.717) is 12.1 Å². The third-order valence-electron chi connectivity index (χ3n) is 3.50. The molecule has 128 valence electrons. The van der Waals surface area contributed by atoms with Gasteiger partial charge in [-0.25, -0.2) is 8.42 Å². The number of nitrogens with one attached hydrogen (secondary N) is 1. The molecule has 0 unspecified atom stereocenters. The van der Waals surface area contributed by atoms with Crippen LogP contribution in [-0.2, 0) is 22.9 Å². The van der Waals surface area contributed by atoms with Gasteiger partial charge in [0.1, 0.15) is 0 Å². The molecule has 2 aromatic carbocycles. The first-order valence-corrected chi connectivity index (χ1v) is 9.46. The van der Waals surface area contributed by atoms with Crippen molar-refractivity contribution in [1.29, 1.82) is 0 Å². The monoisotopic (exact) mass is 346 g/mol. The number of nitrogens with zero attached hydrogens (tertiary/aromatic N) is 1. The van der Waals surface area contributed by atoms with Crippen LogP contribution in [0.3, 0.4) is 0 Å². The third-order valence-corrected chi connectivity index (χ3v) is 4.61. The fourth-order valence-electron chi connectivity index (χ4n) is 2.28. The van der Waals surface area contributed by atoms with Gasteiger partial charge in [-0.1, -0.05) is 30.3 Å². The van der Waals surface area contributed by atoms with Crippen LogP contribution < -0.4 is 5.32 Å². The maximum absolute atomic E-state index is 12.2. The summed E-state index contributed by atoms with van der Waals surface area (Å²) in [6.07, 6.45) is 1.12. The lowest BCUT2D eigenvalue weighted by Crippen LogP contribution is -2.23. The fraction of sp³-hybridized carbons (Fsp3) is 0.278. The van der Waals surface area contributed by atoms with E-state index in [1.807, 2.05) is 38.4 Å². The minimum absolute atomic E-state index is 0.142. The standard InChI is InChI=1S/C18H22N2O3S/c1-20(2)13-15-9-7-14(8-10-15)12-19-18(21)16-5-4-6-17(11-16)24(3,22)23/h4-11H,12-13H2,1-3H3,(H,19,21). The van der Waals surface area contributed by atoms with E-state index in [2.05, 4.69) is 10.2 Å². The van der Waals surface area contributed by atoms with Crippen LogP contribution in [0.15, 0.2) is 53.4 Å². The lowest BCUT2D eigenvalue weighted by atomic mass is 10.1. The first kappa shape index (κ1) is 18.2. The Labute approximate surface area is 143 Å². The van der Waals surface area contributed by atoms with Gasteiger partial charge >= 0.3 is 0 Å². The fourth-order valence-corrected chi connectivity index (χ4v) is 2.95. The summed E-state index contributed by atoms with van der Waals surface area (Å²) in [5.41, 5.74) is 2.53. The van der Waals surface area contributed by atoms with Crippen LogP contribution >= 0.6 is 0 Å². The maximum atomic E-state index is 12.2. The van der Waals surface area contributed by atoms with Crippen molar-refractivity contribution in [1.82, 2.24) is 10.2 Å². The molecule has 0 aromatic heterocycles. The van der Waals surface area contributed by atoms with Gasteiger partial charge in [0, 0.05) is 24.9 Å². The summed E-state index contributed by atoms with van der Waals surface area (Å²) >= 11 is 0. The number of benzene rings is 2. The molecule has 1 N–H and O–H groups in total. The van der Waals surface area contributed by atoms with Gasteiger partial charge in [-0.05, 0) is 43.4 Å². The molecule has 0 aliphatic rings. The smallest absolute Gasteiger partial charge is 0.251 e. The summed E-state index contributed by atoms with van der Waals surface area (Å²) in [6, 6.07) is 14.1. The summed E-state index contributed by atoms with van der Waals surface area (Å²) in [7, 11) is 0.701. The average molecular weight is 346 g/mol. The lowest BCUT2D eigenvalue weighted by Gasteiger charge is -2.10. The van der Waals surface area contributed by atoms with Gasteiger partial charge in [-0.2, -0.15) is 0 Å². The number of carbonyl (C=O) groups is 1. The molecule has 24 heavy (non-hydrogen) atoms. The molecule has 6 heteroatoms. The highest BCUT2D eigenvalue weighted by Crippen LogP contribution is 2.12. The molecule has 0 atom stereocenters. The quantitative estimate of drug-likeness (QED) is 0.870. The molecular formula is C18H22N2O3S. The second-order valence-corrected chi connectivity index (χ2v) is 8.05. The Kier molecular flexibility index (Phi) is 5.75. The molecule has 0 radical (unpaired) electrons. The van der Waals surface area contributed by atoms with Crippen LogP contribution in [0.4, 0.5) is 0 Å². The van der Waals surface area contributed by atoms with E-state index in [1.165, 1.54) is 17.7 Å². The molecule has 0 saturated carbocycles. The predicted octanol–water partition coefficient (Wildman–Crippen LogP) is 2.08. The summed E-state index contributed by atoms with van der Waals surface area (Å²) in [5, 5.41) is 2.81. The highest BCUT2D eigenvalue weighted by Gasteiger charge is 2.11. The number of hydrogen-bond acceptors (Lipinski definition) is 4. The summed E-state index contributed by atoms with van der Waals surface area (Å²) in [5.74, 6) is -0.294. The number of sulfone groups is 1. The highest BCUT2D eigenvalue weighted by atomic mass is 32.2. The molecular weight excluding hydrogens is 324 g/mol. The Bertz CT molecular complexity index is 812. The molecule has 0 spiro atoms. The maximum Gasteiger partial charge on any atom is 0.251 e. The molecule has 5 nitrogen and oxygen atoms in total. The van der Waals surface area contributed by atoms with Crippen molar-refractivity contribution in [2.24, 2.45) is 0 Å². The minimum atomic E-state index is -3.32. The summed E-state index contributed by atoms with van der Waals surface area (Å²) in [4.78, 5) is 14.4. The largest absolute Gasteiger partial charge is 0.348 e. The normalized spacial score (nSPS) is 11.5. The van der Waals surface area contributed by atoms with E-state index in [-0.39, 0.29) is 10.8 Å². The van der Waals surface area contributed by atoms with Gasteiger partial charge in [0.25, 0.3) is 5.91 Å². The van der Waals surface area contributed by atoms with Crippen LogP contribution in [0.2, 0.25) is 0 Å². The predicted molar refractivity (Wildman–Crippen MR) is 94.6 cm³/mol. The van der Waals surface area contributed by atoms with Crippen LogP contribution in [0.5, 0.6) is 0 Å². The molecule has 0 heterocycles. The van der Waals surface area contributed by atoms with Gasteiger partial charge in [-0.15, -0.1) is 0 Å². The number of hydrogen-bond donors (Lipinski definition) is 1. The summed E-state index contributed by atoms with van der Waals surface area (Å²) < 4.78 is 23.1. The molecule has 0 saturated heterocycles. The van der Waals surface area contributed by atoms with Gasteiger partial charge < -0.3 is 10.2 Å². The van der Waals surface area contributed by atoms with E-state index in [1.54, 1.807) is 12.1 Å². The third kappa shape index (κ3) is 5.18. The molecule has 0 bridgehead atoms. The zero-order valence-corrected chi connectivity index (χ0v) is 14.9. The highest BCUT2D eigenvalue weighted by molar-refractivity contribution is 7.90. The Morgan fingerprint density at radius 1 is 1.04 bits per heavy atom. The van der Waals surface area contributed by atoms with Crippen molar-refractivity contribution in [3.05, 3.63) is 65.2 Å². The van der Waals surface area contributed by atoms with Crippen molar-refractivity contribution in [3.8, 4) is 0 Å². The van der Waals surface area contributed by atoms with Crippen LogP contribution in [-0.4, -0.2) is 39.6 Å². The first-order chi connectivity index (χ1) is 11.3. The number of amides is 1. The van der Waals surface area contributed by atoms with Gasteiger partial charge in [0.2, 0.25) is 0 Å². The van der Waals surface area contributed by atoms with Crippen molar-refractivity contribution in [2.75, 3.05) is 20.4 Å². The van der Waals surface area contributed by atoms with Gasteiger partial charge in [0.15, 0.2) is 9.84 Å². The van der Waals surface area contributed by atoms with Crippen molar-refractivity contribution in [3.63, 3.8) is 0 Å². The van der Waals surface area contributed by atoms with Crippen LogP contribution in [0.1, 0.15) is 21.5 Å². The zero-order valence-electron chi connectivity index (χ0n) is 14.1. The Morgan fingerprint density at radius 2 is 1.67 bits per heavy atom.